The first kappa shape index (κ1) is 22.8. The molecule has 7 heteroatoms. The third kappa shape index (κ3) is 3.62. The number of hydrogen-bond donors (Lipinski definition) is 2. The van der Waals surface area contributed by atoms with Crippen LogP contribution in [0.1, 0.15) is 38.8 Å². The number of nitrogens with one attached hydrogen (secondary N) is 2. The molecule has 0 unspecified atom stereocenters. The predicted molar refractivity (Wildman–Crippen MR) is 140 cm³/mol. The molecule has 37 heavy (non-hydrogen) atoms. The van der Waals surface area contributed by atoms with Crippen molar-refractivity contribution in [3.05, 3.63) is 107 Å². The third-order valence-electron chi connectivity index (χ3n) is 7.26. The van der Waals surface area contributed by atoms with Crippen LogP contribution < -0.4 is 0 Å². The van der Waals surface area contributed by atoms with Gasteiger partial charge >= 0.3 is 5.97 Å². The van der Waals surface area contributed by atoms with E-state index in [0.29, 0.717) is 5.39 Å². The van der Waals surface area contributed by atoms with Crippen LogP contribution >= 0.6 is 0 Å². The van der Waals surface area contributed by atoms with Crippen LogP contribution in [0.4, 0.5) is 0 Å². The molecular weight excluding hydrogens is 466 g/mol. The molecule has 0 bridgehead atoms. The molecule has 1 aliphatic heterocycles. The fourth-order valence-electron chi connectivity index (χ4n) is 5.44. The molecule has 5 aromatic rings. The number of ketones is 1. The van der Waals surface area contributed by atoms with Crippen molar-refractivity contribution in [2.24, 2.45) is 0 Å². The van der Waals surface area contributed by atoms with Crippen molar-refractivity contribution in [2.45, 2.75) is 25.4 Å². The van der Waals surface area contributed by atoms with E-state index in [1.807, 2.05) is 73.7 Å². The maximum Gasteiger partial charge on any atom is 0.328 e. The average Bonchev–Trinajstić information content (AvgIpc) is 3.53. The first-order valence-electron chi connectivity index (χ1n) is 12.1. The quantitative estimate of drug-likeness (QED) is 0.213. The van der Waals surface area contributed by atoms with Crippen LogP contribution in [0.15, 0.2) is 79.0 Å². The lowest BCUT2D eigenvalue weighted by Crippen LogP contribution is -2.53. The van der Waals surface area contributed by atoms with Gasteiger partial charge in [0.15, 0.2) is 0 Å². The number of Topliss-reactive ketones (excluding diaryl/α,β-unsaturated/α-hetero) is 1. The highest BCUT2D eigenvalue weighted by Gasteiger charge is 2.46. The molecule has 2 aromatic heterocycles. The Labute approximate surface area is 213 Å². The fourth-order valence-corrected chi connectivity index (χ4v) is 5.44. The number of ether oxygens (including phenoxy) is 1. The van der Waals surface area contributed by atoms with E-state index in [9.17, 15) is 14.4 Å². The maximum atomic E-state index is 14.1. The number of hydrogen-bond acceptors (Lipinski definition) is 4. The Balaban J connectivity index is 1.55. The summed E-state index contributed by atoms with van der Waals surface area (Å²) in [4.78, 5) is 48.9. The summed E-state index contributed by atoms with van der Waals surface area (Å²) >= 11 is 0. The Morgan fingerprint density at radius 3 is 2.30 bits per heavy atom. The third-order valence-corrected chi connectivity index (χ3v) is 7.26. The number of nitrogens with zero attached hydrogens (tertiary/aromatic N) is 1. The van der Waals surface area contributed by atoms with Crippen molar-refractivity contribution in [1.82, 2.24) is 14.9 Å². The lowest BCUT2D eigenvalue weighted by atomic mass is 9.87. The standard InChI is InChI=1S/C30H25N3O4/c1-17-11-13-18(14-12-17)27-26-21(19-7-4-6-10-24(19)32-26)15-25(30(36)37-2)33(27)29(35)28(34)22-16-31-23-9-5-3-8-20(22)23/h3-14,16,25,27,31-32H,15H2,1-2H3/t25-,27-/m0/s1. The monoisotopic (exact) mass is 491 g/mol. The van der Waals surface area contributed by atoms with Crippen LogP contribution in [0, 0.1) is 6.92 Å². The van der Waals surface area contributed by atoms with Gasteiger partial charge in [-0.1, -0.05) is 66.2 Å². The zero-order chi connectivity index (χ0) is 25.7. The number of carbonyl (C=O) groups excluding carboxylic acids is 3. The first-order valence-corrected chi connectivity index (χ1v) is 12.1. The number of methoxy groups -OCH3 is 1. The van der Waals surface area contributed by atoms with Crippen LogP contribution in [0.5, 0.6) is 0 Å². The molecule has 6 rings (SSSR count). The van der Waals surface area contributed by atoms with Gasteiger partial charge in [-0.3, -0.25) is 9.59 Å². The van der Waals surface area contributed by atoms with Crippen LogP contribution in [0.25, 0.3) is 21.8 Å². The molecule has 0 fully saturated rings. The van der Waals surface area contributed by atoms with E-state index in [1.54, 1.807) is 12.3 Å². The number of benzene rings is 3. The molecule has 2 atom stereocenters. The summed E-state index contributed by atoms with van der Waals surface area (Å²) in [6.45, 7) is 1.99. The van der Waals surface area contributed by atoms with Crippen LogP contribution in [0.3, 0.4) is 0 Å². The zero-order valence-electron chi connectivity index (χ0n) is 20.4. The molecule has 7 nitrogen and oxygen atoms in total. The van der Waals surface area contributed by atoms with Gasteiger partial charge in [-0.05, 0) is 30.2 Å². The van der Waals surface area contributed by atoms with E-state index in [2.05, 4.69) is 9.97 Å². The number of amides is 1. The molecule has 0 saturated carbocycles. The van der Waals surface area contributed by atoms with Gasteiger partial charge in [0, 0.05) is 40.1 Å². The maximum absolute atomic E-state index is 14.1. The molecule has 1 amide bonds. The molecular formula is C30H25N3O4. The second-order valence-corrected chi connectivity index (χ2v) is 9.41. The number of rotatable bonds is 4. The number of carbonyl (C=O) groups is 3. The predicted octanol–water partition coefficient (Wildman–Crippen LogP) is 4.86. The number of esters is 1. The van der Waals surface area contributed by atoms with Crippen LogP contribution in [-0.4, -0.2) is 45.7 Å². The van der Waals surface area contributed by atoms with Gasteiger partial charge in [0.05, 0.1) is 18.7 Å². The average molecular weight is 492 g/mol. The van der Waals surface area contributed by atoms with Gasteiger partial charge in [-0.15, -0.1) is 0 Å². The van der Waals surface area contributed by atoms with Crippen molar-refractivity contribution in [3.63, 3.8) is 0 Å². The highest BCUT2D eigenvalue weighted by atomic mass is 16.5. The molecule has 0 spiro atoms. The minimum absolute atomic E-state index is 0.237. The van der Waals surface area contributed by atoms with E-state index in [0.717, 1.165) is 38.8 Å². The molecule has 1 aliphatic rings. The fraction of sp³-hybridized carbons (Fsp3) is 0.167. The van der Waals surface area contributed by atoms with Gasteiger partial charge < -0.3 is 19.6 Å². The molecule has 0 saturated heterocycles. The zero-order valence-corrected chi connectivity index (χ0v) is 20.4. The molecule has 0 aliphatic carbocycles. The topological polar surface area (TPSA) is 95.3 Å². The molecule has 3 aromatic carbocycles. The van der Waals surface area contributed by atoms with Crippen molar-refractivity contribution in [3.8, 4) is 0 Å². The van der Waals surface area contributed by atoms with Gasteiger partial charge in [0.1, 0.15) is 6.04 Å². The largest absolute Gasteiger partial charge is 0.467 e. The summed E-state index contributed by atoms with van der Waals surface area (Å²) in [7, 11) is 1.30. The van der Waals surface area contributed by atoms with Crippen molar-refractivity contribution >= 4 is 39.5 Å². The smallest absolute Gasteiger partial charge is 0.328 e. The van der Waals surface area contributed by atoms with Gasteiger partial charge in [0.2, 0.25) is 0 Å². The molecule has 3 heterocycles. The Morgan fingerprint density at radius 2 is 1.57 bits per heavy atom. The van der Waals surface area contributed by atoms with E-state index < -0.39 is 29.7 Å². The summed E-state index contributed by atoms with van der Waals surface area (Å²) in [6.07, 6.45) is 1.79. The van der Waals surface area contributed by atoms with Gasteiger partial charge in [0.25, 0.3) is 11.7 Å². The molecule has 0 radical (unpaired) electrons. The summed E-state index contributed by atoms with van der Waals surface area (Å²) in [6, 6.07) is 21.3. The summed E-state index contributed by atoms with van der Waals surface area (Å²) in [5.74, 6) is -1.99. The number of H-pyrrole nitrogens is 2. The summed E-state index contributed by atoms with van der Waals surface area (Å²) in [5, 5.41) is 1.64. The molecule has 184 valence electrons. The SMILES string of the molecule is COC(=O)[C@@H]1Cc2c([nH]c3ccccc23)[C@H](c2ccc(C)cc2)N1C(=O)C(=O)c1c[nH]c2ccccc12. The lowest BCUT2D eigenvalue weighted by Gasteiger charge is -2.40. The van der Waals surface area contributed by atoms with Crippen molar-refractivity contribution in [1.29, 1.82) is 0 Å². The van der Waals surface area contributed by atoms with Crippen LogP contribution in [-0.2, 0) is 20.7 Å². The van der Waals surface area contributed by atoms with E-state index in [4.69, 9.17) is 4.74 Å². The van der Waals surface area contributed by atoms with Crippen LogP contribution in [0.2, 0.25) is 0 Å². The second kappa shape index (κ2) is 8.78. The summed E-state index contributed by atoms with van der Waals surface area (Å²) < 4.78 is 5.16. The highest BCUT2D eigenvalue weighted by Crippen LogP contribution is 2.41. The highest BCUT2D eigenvalue weighted by molar-refractivity contribution is 6.45. The van der Waals surface area contributed by atoms with Crippen molar-refractivity contribution in [2.75, 3.05) is 7.11 Å². The van der Waals surface area contributed by atoms with E-state index in [1.165, 1.54) is 12.0 Å². The van der Waals surface area contributed by atoms with Gasteiger partial charge in [-0.25, -0.2) is 4.79 Å². The lowest BCUT2D eigenvalue weighted by molar-refractivity contribution is -0.153. The van der Waals surface area contributed by atoms with E-state index in [-0.39, 0.29) is 12.0 Å². The Bertz CT molecular complexity index is 1680. The second-order valence-electron chi connectivity index (χ2n) is 9.41. The summed E-state index contributed by atoms with van der Waals surface area (Å²) in [5.41, 5.74) is 5.54. The minimum atomic E-state index is -0.968. The van der Waals surface area contributed by atoms with Gasteiger partial charge in [-0.2, -0.15) is 0 Å². The molecule has 2 N–H and O–H groups in total. The number of para-hydroxylation sites is 2. The minimum Gasteiger partial charge on any atom is -0.467 e. The number of aryl methyl sites for hydroxylation is 1. The Morgan fingerprint density at radius 1 is 0.892 bits per heavy atom. The normalized spacial score (nSPS) is 17.1. The first-order chi connectivity index (χ1) is 18.0. The number of fused-ring (bicyclic) bond motifs is 4. The number of aromatic nitrogens is 2. The van der Waals surface area contributed by atoms with Crippen molar-refractivity contribution < 1.29 is 19.1 Å². The Kier molecular flexibility index (Phi) is 5.41. The number of aromatic amines is 2. The Hall–Kier alpha value is -4.65. The van der Waals surface area contributed by atoms with E-state index >= 15 is 0 Å².